The van der Waals surface area contributed by atoms with Crippen molar-refractivity contribution in [2.75, 3.05) is 6.54 Å². The molecule has 3 nitrogen and oxygen atoms in total. The molecule has 2 aromatic heterocycles. The molecule has 0 bridgehead atoms. The van der Waals surface area contributed by atoms with Crippen molar-refractivity contribution >= 4 is 40.1 Å². The van der Waals surface area contributed by atoms with Crippen LogP contribution >= 0.6 is 34.3 Å². The van der Waals surface area contributed by atoms with E-state index in [9.17, 15) is 4.79 Å². The first kappa shape index (κ1) is 11.7. The minimum absolute atomic E-state index is 0.0728. The van der Waals surface area contributed by atoms with Gasteiger partial charge in [-0.3, -0.25) is 4.79 Å². The van der Waals surface area contributed by atoms with Crippen molar-refractivity contribution in [2.24, 2.45) is 5.73 Å². The Kier molecular flexibility index (Phi) is 3.70. The molecular formula is C10H9ClN2OS2. The molecule has 0 radical (unpaired) electrons. The second kappa shape index (κ2) is 5.05. The summed E-state index contributed by atoms with van der Waals surface area (Å²) in [6.07, 6.45) is 0.711. The molecule has 0 aliphatic heterocycles. The highest BCUT2D eigenvalue weighted by molar-refractivity contribution is 7.18. The summed E-state index contributed by atoms with van der Waals surface area (Å²) in [6, 6.07) is 3.43. The van der Waals surface area contributed by atoms with Gasteiger partial charge in [0, 0.05) is 11.8 Å². The van der Waals surface area contributed by atoms with E-state index in [-0.39, 0.29) is 5.78 Å². The lowest BCUT2D eigenvalue weighted by molar-refractivity contribution is 0.103. The van der Waals surface area contributed by atoms with Crippen molar-refractivity contribution in [1.82, 2.24) is 4.98 Å². The van der Waals surface area contributed by atoms with Crippen LogP contribution in [0.1, 0.15) is 20.4 Å². The number of halogens is 1. The van der Waals surface area contributed by atoms with E-state index in [4.69, 9.17) is 17.3 Å². The van der Waals surface area contributed by atoms with Crippen LogP contribution in [0.2, 0.25) is 4.34 Å². The van der Waals surface area contributed by atoms with E-state index in [0.29, 0.717) is 27.9 Å². The zero-order valence-corrected chi connectivity index (χ0v) is 10.7. The van der Waals surface area contributed by atoms with Crippen molar-refractivity contribution in [2.45, 2.75) is 6.42 Å². The molecule has 0 saturated carbocycles. The molecule has 6 heteroatoms. The molecule has 0 aliphatic carbocycles. The maximum Gasteiger partial charge on any atom is 0.222 e. The molecule has 0 amide bonds. The number of hydrogen-bond acceptors (Lipinski definition) is 5. The van der Waals surface area contributed by atoms with E-state index >= 15 is 0 Å². The van der Waals surface area contributed by atoms with Crippen LogP contribution in [-0.4, -0.2) is 17.3 Å². The van der Waals surface area contributed by atoms with Gasteiger partial charge in [0.1, 0.15) is 5.69 Å². The summed E-state index contributed by atoms with van der Waals surface area (Å²) < 4.78 is 0.612. The van der Waals surface area contributed by atoms with Gasteiger partial charge in [-0.25, -0.2) is 4.98 Å². The quantitative estimate of drug-likeness (QED) is 0.871. The molecule has 2 N–H and O–H groups in total. The highest BCUT2D eigenvalue weighted by atomic mass is 35.5. The lowest BCUT2D eigenvalue weighted by Crippen LogP contribution is -2.04. The number of thiophene rings is 1. The number of aromatic nitrogens is 1. The fourth-order valence-electron chi connectivity index (χ4n) is 1.22. The highest BCUT2D eigenvalue weighted by Gasteiger charge is 2.14. The van der Waals surface area contributed by atoms with Gasteiger partial charge in [0.05, 0.1) is 14.2 Å². The monoisotopic (exact) mass is 272 g/mol. The topological polar surface area (TPSA) is 56.0 Å². The zero-order valence-electron chi connectivity index (χ0n) is 8.27. The Labute approximate surface area is 106 Å². The molecule has 2 heterocycles. The van der Waals surface area contributed by atoms with Gasteiger partial charge in [0.25, 0.3) is 0 Å². The van der Waals surface area contributed by atoms with Gasteiger partial charge in [-0.1, -0.05) is 11.6 Å². The normalized spacial score (nSPS) is 10.6. The predicted octanol–water partition coefficient (Wildman–Crippen LogP) is 2.59. The number of nitrogens with two attached hydrogens (primary N) is 1. The lowest BCUT2D eigenvalue weighted by Gasteiger charge is -1.91. The van der Waals surface area contributed by atoms with Crippen molar-refractivity contribution in [3.63, 3.8) is 0 Å². The van der Waals surface area contributed by atoms with Crippen molar-refractivity contribution in [1.29, 1.82) is 0 Å². The third-order valence-corrected chi connectivity index (χ3v) is 4.08. The Morgan fingerprint density at radius 1 is 1.50 bits per heavy atom. The highest BCUT2D eigenvalue weighted by Crippen LogP contribution is 2.24. The average Bonchev–Trinajstić information content (AvgIpc) is 2.87. The van der Waals surface area contributed by atoms with Crippen LogP contribution < -0.4 is 5.73 Å². The molecule has 2 aromatic rings. The molecular weight excluding hydrogens is 264 g/mol. The molecule has 84 valence electrons. The van der Waals surface area contributed by atoms with Gasteiger partial charge in [0.2, 0.25) is 5.78 Å². The molecule has 0 atom stereocenters. The minimum Gasteiger partial charge on any atom is -0.330 e. The van der Waals surface area contributed by atoms with Gasteiger partial charge >= 0.3 is 0 Å². The molecule has 0 aromatic carbocycles. The van der Waals surface area contributed by atoms with E-state index < -0.39 is 0 Å². The number of ketones is 1. The Bertz CT molecular complexity index is 506. The van der Waals surface area contributed by atoms with Crippen LogP contribution in [0.15, 0.2) is 17.5 Å². The summed E-state index contributed by atoms with van der Waals surface area (Å²) in [5.74, 6) is -0.0728. The summed E-state index contributed by atoms with van der Waals surface area (Å²) >= 11 is 8.51. The van der Waals surface area contributed by atoms with Crippen LogP contribution in [0, 0.1) is 0 Å². The maximum absolute atomic E-state index is 11.9. The van der Waals surface area contributed by atoms with Gasteiger partial charge in [-0.2, -0.15) is 0 Å². The molecule has 16 heavy (non-hydrogen) atoms. The third kappa shape index (κ3) is 2.49. The average molecular weight is 273 g/mol. The fraction of sp³-hybridized carbons (Fsp3) is 0.200. The van der Waals surface area contributed by atoms with Crippen LogP contribution in [-0.2, 0) is 6.42 Å². The molecule has 0 unspecified atom stereocenters. The summed E-state index contributed by atoms with van der Waals surface area (Å²) in [6.45, 7) is 0.548. The second-order valence-electron chi connectivity index (χ2n) is 3.10. The third-order valence-electron chi connectivity index (χ3n) is 1.94. The standard InChI is InChI=1S/C10H9ClN2OS2/c11-8-2-1-7(16-8)10(14)6-5-15-9(13-6)3-4-12/h1-2,5H,3-4,12H2. The Balaban J connectivity index is 2.20. The first-order chi connectivity index (χ1) is 7.70. The summed E-state index contributed by atoms with van der Waals surface area (Å²) in [7, 11) is 0. The Hall–Kier alpha value is -0.750. The van der Waals surface area contributed by atoms with Crippen LogP contribution in [0.4, 0.5) is 0 Å². The molecule has 2 rings (SSSR count). The first-order valence-electron chi connectivity index (χ1n) is 4.65. The largest absolute Gasteiger partial charge is 0.330 e. The molecule has 0 saturated heterocycles. The van der Waals surface area contributed by atoms with E-state index in [1.165, 1.54) is 22.7 Å². The fourth-order valence-corrected chi connectivity index (χ4v) is 3.00. The summed E-state index contributed by atoms with van der Waals surface area (Å²) in [4.78, 5) is 16.8. The van der Waals surface area contributed by atoms with E-state index in [1.807, 2.05) is 0 Å². The maximum atomic E-state index is 11.9. The SMILES string of the molecule is NCCc1nc(C(=O)c2ccc(Cl)s2)cs1. The van der Waals surface area contributed by atoms with E-state index in [1.54, 1.807) is 17.5 Å². The van der Waals surface area contributed by atoms with Crippen LogP contribution in [0.5, 0.6) is 0 Å². The minimum atomic E-state index is -0.0728. The number of carbonyl (C=O) groups excluding carboxylic acids is 1. The second-order valence-corrected chi connectivity index (χ2v) is 5.76. The van der Waals surface area contributed by atoms with Gasteiger partial charge < -0.3 is 5.73 Å². The van der Waals surface area contributed by atoms with Crippen molar-refractivity contribution < 1.29 is 4.79 Å². The van der Waals surface area contributed by atoms with Crippen molar-refractivity contribution in [3.8, 4) is 0 Å². The predicted molar refractivity (Wildman–Crippen MR) is 67.6 cm³/mol. The number of nitrogens with zero attached hydrogens (tertiary/aromatic N) is 1. The molecule has 0 fully saturated rings. The first-order valence-corrected chi connectivity index (χ1v) is 6.72. The number of hydrogen-bond donors (Lipinski definition) is 1. The Morgan fingerprint density at radius 3 is 2.94 bits per heavy atom. The van der Waals surface area contributed by atoms with Crippen LogP contribution in [0.3, 0.4) is 0 Å². The smallest absolute Gasteiger partial charge is 0.222 e. The van der Waals surface area contributed by atoms with Gasteiger partial charge in [-0.05, 0) is 18.7 Å². The number of carbonyl (C=O) groups is 1. The van der Waals surface area contributed by atoms with Gasteiger partial charge in [0.15, 0.2) is 0 Å². The van der Waals surface area contributed by atoms with Crippen molar-refractivity contribution in [3.05, 3.63) is 37.4 Å². The lowest BCUT2D eigenvalue weighted by atomic mass is 10.2. The molecule has 0 spiro atoms. The summed E-state index contributed by atoms with van der Waals surface area (Å²) in [5, 5.41) is 2.66. The van der Waals surface area contributed by atoms with Crippen LogP contribution in [0.25, 0.3) is 0 Å². The molecule has 0 aliphatic rings. The van der Waals surface area contributed by atoms with E-state index in [2.05, 4.69) is 4.98 Å². The number of rotatable bonds is 4. The van der Waals surface area contributed by atoms with E-state index in [0.717, 1.165) is 5.01 Å². The summed E-state index contributed by atoms with van der Waals surface area (Å²) in [5.41, 5.74) is 5.91. The zero-order chi connectivity index (χ0) is 11.5. The number of thiazole rings is 1. The Morgan fingerprint density at radius 2 is 2.31 bits per heavy atom. The van der Waals surface area contributed by atoms with Gasteiger partial charge in [-0.15, -0.1) is 22.7 Å².